The molecule has 0 radical (unpaired) electrons. The molecule has 0 spiro atoms. The van der Waals surface area contributed by atoms with E-state index in [2.05, 4.69) is 41.5 Å². The van der Waals surface area contributed by atoms with Crippen molar-refractivity contribution in [2.24, 2.45) is 11.8 Å². The van der Waals surface area contributed by atoms with Crippen LogP contribution in [-0.2, 0) is 65.4 Å². The largest absolute Gasteiger partial charge is 0.472 e. The van der Waals surface area contributed by atoms with Crippen LogP contribution in [0.5, 0.6) is 0 Å². The van der Waals surface area contributed by atoms with Crippen LogP contribution in [0.3, 0.4) is 0 Å². The molecule has 0 aliphatic heterocycles. The fourth-order valence-corrected chi connectivity index (χ4v) is 12.3. The lowest BCUT2D eigenvalue weighted by molar-refractivity contribution is -0.161. The van der Waals surface area contributed by atoms with Crippen LogP contribution in [0.1, 0.15) is 363 Å². The molecule has 0 aromatic carbocycles. The van der Waals surface area contributed by atoms with E-state index in [0.29, 0.717) is 31.6 Å². The van der Waals surface area contributed by atoms with Gasteiger partial charge < -0.3 is 33.8 Å². The summed E-state index contributed by atoms with van der Waals surface area (Å²) in [5.74, 6) is -0.701. The first-order valence-corrected chi connectivity index (χ1v) is 40.0. The number of ether oxygens (including phenoxy) is 4. The molecule has 0 bridgehead atoms. The van der Waals surface area contributed by atoms with Gasteiger partial charge in [-0.2, -0.15) is 0 Å². The number of phosphoric acid groups is 2. The zero-order chi connectivity index (χ0) is 66.5. The van der Waals surface area contributed by atoms with Crippen molar-refractivity contribution in [2.45, 2.75) is 381 Å². The van der Waals surface area contributed by atoms with E-state index in [1.54, 1.807) is 0 Å². The second kappa shape index (κ2) is 63.1. The Hall–Kier alpha value is -1.94. The Kier molecular flexibility index (Phi) is 61.8. The Bertz CT molecular complexity index is 1750. The molecule has 0 aromatic heterocycles. The third-order valence-corrected chi connectivity index (χ3v) is 18.4. The molecule has 5 atom stereocenters. The van der Waals surface area contributed by atoms with Gasteiger partial charge in [0.25, 0.3) is 0 Å². The lowest BCUT2D eigenvalue weighted by Gasteiger charge is -2.21. The highest BCUT2D eigenvalue weighted by atomic mass is 31.2. The number of unbranched alkanes of at least 4 members (excludes halogenated alkanes) is 40. The quantitative estimate of drug-likeness (QED) is 0.0222. The maximum absolute atomic E-state index is 13.0. The molecule has 0 amide bonds. The number of carbonyl (C=O) groups is 4. The van der Waals surface area contributed by atoms with Gasteiger partial charge in [-0.05, 0) is 37.5 Å². The van der Waals surface area contributed by atoms with Crippen LogP contribution >= 0.6 is 15.6 Å². The van der Waals surface area contributed by atoms with E-state index >= 15 is 0 Å². The SMILES string of the molecule is CCCCCCCCCCCCCCCCCCCCC(=O)O[C@H](COC(=O)CCCCCCCCCCCC(C)C)COP(=O)(O)OC[C@@H](O)COP(=O)(O)OC[C@@H](COC(=O)CCCCCCCCC(C)C)OC(=O)CCCCCCCCCCCCC. The zero-order valence-corrected chi connectivity index (χ0v) is 60.2. The van der Waals surface area contributed by atoms with E-state index in [-0.39, 0.29) is 25.7 Å². The first-order chi connectivity index (χ1) is 43.4. The van der Waals surface area contributed by atoms with Crippen molar-refractivity contribution in [3.05, 3.63) is 0 Å². The van der Waals surface area contributed by atoms with Crippen LogP contribution in [0.4, 0.5) is 0 Å². The molecule has 0 aromatic rings. The molecule has 534 valence electrons. The van der Waals surface area contributed by atoms with Gasteiger partial charge in [0.2, 0.25) is 0 Å². The summed E-state index contributed by atoms with van der Waals surface area (Å²) in [6, 6.07) is 0. The lowest BCUT2D eigenvalue weighted by Crippen LogP contribution is -2.30. The molecule has 2 unspecified atom stereocenters. The topological polar surface area (TPSA) is 237 Å². The Morgan fingerprint density at radius 1 is 0.300 bits per heavy atom. The van der Waals surface area contributed by atoms with Crippen molar-refractivity contribution in [1.82, 2.24) is 0 Å². The molecule has 0 saturated carbocycles. The van der Waals surface area contributed by atoms with E-state index < -0.39 is 97.5 Å². The fraction of sp³-hybridized carbons (Fsp3) is 0.944. The molecule has 0 rings (SSSR count). The molecule has 90 heavy (non-hydrogen) atoms. The molecule has 0 saturated heterocycles. The van der Waals surface area contributed by atoms with Crippen LogP contribution in [0, 0.1) is 11.8 Å². The van der Waals surface area contributed by atoms with Gasteiger partial charge in [0.1, 0.15) is 19.3 Å². The third-order valence-electron chi connectivity index (χ3n) is 16.5. The summed E-state index contributed by atoms with van der Waals surface area (Å²) in [6.45, 7) is 9.45. The summed E-state index contributed by atoms with van der Waals surface area (Å²) < 4.78 is 68.3. The maximum atomic E-state index is 13.0. The van der Waals surface area contributed by atoms with Crippen molar-refractivity contribution in [1.29, 1.82) is 0 Å². The molecule has 0 aliphatic carbocycles. The van der Waals surface area contributed by atoms with Crippen molar-refractivity contribution in [2.75, 3.05) is 39.6 Å². The van der Waals surface area contributed by atoms with Gasteiger partial charge in [0.05, 0.1) is 26.4 Å². The highest BCUT2D eigenvalue weighted by molar-refractivity contribution is 7.47. The van der Waals surface area contributed by atoms with Crippen molar-refractivity contribution >= 4 is 39.5 Å². The summed E-state index contributed by atoms with van der Waals surface area (Å²) >= 11 is 0. The van der Waals surface area contributed by atoms with Crippen molar-refractivity contribution in [3.63, 3.8) is 0 Å². The molecule has 3 N–H and O–H groups in total. The Balaban J connectivity index is 5.21. The first kappa shape index (κ1) is 88.1. The highest BCUT2D eigenvalue weighted by Crippen LogP contribution is 2.45. The van der Waals surface area contributed by atoms with Crippen molar-refractivity contribution in [3.8, 4) is 0 Å². The van der Waals surface area contributed by atoms with Gasteiger partial charge >= 0.3 is 39.5 Å². The minimum atomic E-state index is -4.95. The van der Waals surface area contributed by atoms with Gasteiger partial charge in [0, 0.05) is 25.7 Å². The van der Waals surface area contributed by atoms with Crippen LogP contribution in [-0.4, -0.2) is 96.7 Å². The van der Waals surface area contributed by atoms with Gasteiger partial charge in [-0.1, -0.05) is 311 Å². The van der Waals surface area contributed by atoms with E-state index in [1.165, 1.54) is 173 Å². The number of hydrogen-bond acceptors (Lipinski definition) is 15. The molecule has 0 fully saturated rings. The van der Waals surface area contributed by atoms with E-state index in [0.717, 1.165) is 102 Å². The zero-order valence-electron chi connectivity index (χ0n) is 58.4. The average Bonchev–Trinajstić information content (AvgIpc) is 3.61. The van der Waals surface area contributed by atoms with E-state index in [9.17, 15) is 43.2 Å². The first-order valence-electron chi connectivity index (χ1n) is 37.0. The Morgan fingerprint density at radius 3 is 0.756 bits per heavy atom. The number of phosphoric ester groups is 2. The lowest BCUT2D eigenvalue weighted by atomic mass is 10.0. The minimum absolute atomic E-state index is 0.106. The predicted molar refractivity (Wildman–Crippen MR) is 363 cm³/mol. The van der Waals surface area contributed by atoms with Crippen molar-refractivity contribution < 1.29 is 80.2 Å². The summed E-state index contributed by atoms with van der Waals surface area (Å²) in [5, 5.41) is 10.6. The Morgan fingerprint density at radius 2 is 0.511 bits per heavy atom. The number of aliphatic hydroxyl groups excluding tert-OH is 1. The molecule has 19 heteroatoms. The molecule has 0 aliphatic rings. The normalized spacial score (nSPS) is 14.1. The minimum Gasteiger partial charge on any atom is -0.462 e. The van der Waals surface area contributed by atoms with E-state index in [4.69, 9.17) is 37.0 Å². The molecular formula is C71H138O17P2. The van der Waals surface area contributed by atoms with Gasteiger partial charge in [-0.25, -0.2) is 9.13 Å². The standard InChI is InChI=1S/C71H138O17P2/c1-7-9-11-13-15-17-19-20-21-22-23-24-25-27-31-36-44-50-56-71(76)87-66(59-81-68(73)53-47-41-34-32-28-29-33-39-45-51-63(3)4)61-85-89(77,78)83-57-65(72)58-84-90(79,80)86-62-67(60-82-69(74)54-48-42-38-37-40-46-52-64(5)6)88-70(75)55-49-43-35-30-26-18-16-14-12-10-8-2/h63-67,72H,7-62H2,1-6H3,(H,77,78)(H,79,80)/t65-,66-,67-/m1/s1. The fourth-order valence-electron chi connectivity index (χ4n) is 10.8. The van der Waals surface area contributed by atoms with Crippen LogP contribution < -0.4 is 0 Å². The summed E-state index contributed by atoms with van der Waals surface area (Å²) in [7, 11) is -9.90. The smallest absolute Gasteiger partial charge is 0.462 e. The monoisotopic (exact) mass is 1320 g/mol. The van der Waals surface area contributed by atoms with Crippen LogP contribution in [0.15, 0.2) is 0 Å². The predicted octanol–water partition coefficient (Wildman–Crippen LogP) is 20.4. The summed E-state index contributed by atoms with van der Waals surface area (Å²) in [4.78, 5) is 72.5. The number of hydrogen-bond donors (Lipinski definition) is 3. The van der Waals surface area contributed by atoms with Gasteiger partial charge in [-0.15, -0.1) is 0 Å². The second-order valence-electron chi connectivity index (χ2n) is 26.6. The number of esters is 4. The number of aliphatic hydroxyl groups is 1. The van der Waals surface area contributed by atoms with Gasteiger partial charge in [0.15, 0.2) is 12.2 Å². The third kappa shape index (κ3) is 64.8. The molecule has 17 nitrogen and oxygen atoms in total. The Labute approximate surface area is 549 Å². The average molecular weight is 1330 g/mol. The van der Waals surface area contributed by atoms with Gasteiger partial charge in [-0.3, -0.25) is 37.3 Å². The van der Waals surface area contributed by atoms with E-state index in [1.807, 2.05) is 0 Å². The molecular weight excluding hydrogens is 1190 g/mol. The highest BCUT2D eigenvalue weighted by Gasteiger charge is 2.30. The number of carbonyl (C=O) groups excluding carboxylic acids is 4. The second-order valence-corrected chi connectivity index (χ2v) is 29.5. The number of rotatable bonds is 70. The summed E-state index contributed by atoms with van der Waals surface area (Å²) in [5.41, 5.74) is 0. The van der Waals surface area contributed by atoms with Crippen LogP contribution in [0.2, 0.25) is 0 Å². The van der Waals surface area contributed by atoms with Crippen LogP contribution in [0.25, 0.3) is 0 Å². The molecule has 0 heterocycles. The summed E-state index contributed by atoms with van der Waals surface area (Å²) in [6.07, 6.45) is 48.7. The maximum Gasteiger partial charge on any atom is 0.472 e.